The van der Waals surface area contributed by atoms with Crippen LogP contribution in [0, 0.1) is 0 Å². The van der Waals surface area contributed by atoms with E-state index in [9.17, 15) is 4.79 Å². The van der Waals surface area contributed by atoms with E-state index < -0.39 is 5.97 Å². The highest BCUT2D eigenvalue weighted by molar-refractivity contribution is 5.91. The molecule has 0 aliphatic carbocycles. The molecule has 0 aliphatic heterocycles. The second-order valence-corrected chi connectivity index (χ2v) is 5.75. The maximum Gasteiger partial charge on any atom is 0.343 e. The Balaban J connectivity index is 1.79. The zero-order valence-corrected chi connectivity index (χ0v) is 13.8. The summed E-state index contributed by atoms with van der Waals surface area (Å²) in [6.07, 6.45) is 0. The van der Waals surface area contributed by atoms with Crippen LogP contribution in [0.15, 0.2) is 78.9 Å². The minimum atomic E-state index is -0.420. The second kappa shape index (κ2) is 7.75. The van der Waals surface area contributed by atoms with Gasteiger partial charge in [-0.2, -0.15) is 0 Å². The van der Waals surface area contributed by atoms with Crippen LogP contribution in [-0.4, -0.2) is 5.97 Å². The van der Waals surface area contributed by atoms with Gasteiger partial charge in [0.25, 0.3) is 0 Å². The molecule has 0 fully saturated rings. The van der Waals surface area contributed by atoms with Crippen LogP contribution in [0.3, 0.4) is 0 Å². The van der Waals surface area contributed by atoms with E-state index in [4.69, 9.17) is 16.2 Å². The molecule has 0 unspecified atom stereocenters. The van der Waals surface area contributed by atoms with Gasteiger partial charge in [-0.1, -0.05) is 54.6 Å². The van der Waals surface area contributed by atoms with Gasteiger partial charge in [0, 0.05) is 6.54 Å². The smallest absolute Gasteiger partial charge is 0.343 e. The van der Waals surface area contributed by atoms with Crippen LogP contribution in [0.5, 0.6) is 5.75 Å². The van der Waals surface area contributed by atoms with Gasteiger partial charge in [0.05, 0.1) is 11.6 Å². The fourth-order valence-corrected chi connectivity index (χ4v) is 2.61. The minimum absolute atomic E-state index is 0.297. The molecule has 0 radical (unpaired) electrons. The molecule has 0 amide bonds. The maximum absolute atomic E-state index is 12.4. The van der Waals surface area contributed by atoms with Gasteiger partial charge in [0.1, 0.15) is 5.75 Å². The molecule has 4 N–H and O–H groups in total. The number of hydrogen-bond donors (Lipinski definition) is 2. The number of ether oxygens (including phenoxy) is 1. The monoisotopic (exact) mass is 332 g/mol. The Morgan fingerprint density at radius 3 is 2.36 bits per heavy atom. The van der Waals surface area contributed by atoms with E-state index in [-0.39, 0.29) is 6.04 Å². The number of hydrogen-bond acceptors (Lipinski definition) is 4. The predicted molar refractivity (Wildman–Crippen MR) is 98.2 cm³/mol. The van der Waals surface area contributed by atoms with E-state index >= 15 is 0 Å². The van der Waals surface area contributed by atoms with E-state index in [1.165, 1.54) is 0 Å². The SMILES string of the molecule is NCc1cccc(OC(=O)c2cccc([C@@H](N)c3ccccc3)c2)c1. The van der Waals surface area contributed by atoms with Gasteiger partial charge in [0.2, 0.25) is 0 Å². The Hall–Kier alpha value is -2.95. The normalized spacial score (nSPS) is 11.8. The van der Waals surface area contributed by atoms with Crippen molar-refractivity contribution in [2.24, 2.45) is 11.5 Å². The van der Waals surface area contributed by atoms with Crippen LogP contribution in [0.4, 0.5) is 0 Å². The van der Waals surface area contributed by atoms with E-state index in [1.807, 2.05) is 54.6 Å². The molecule has 1 atom stereocenters. The lowest BCUT2D eigenvalue weighted by atomic mass is 9.98. The fraction of sp³-hybridized carbons (Fsp3) is 0.0952. The van der Waals surface area contributed by atoms with Gasteiger partial charge in [-0.3, -0.25) is 0 Å². The largest absolute Gasteiger partial charge is 0.423 e. The van der Waals surface area contributed by atoms with Crippen molar-refractivity contribution >= 4 is 5.97 Å². The Morgan fingerprint density at radius 1 is 0.880 bits per heavy atom. The van der Waals surface area contributed by atoms with Crippen LogP contribution in [-0.2, 0) is 6.54 Å². The number of esters is 1. The summed E-state index contributed by atoms with van der Waals surface area (Å²) in [5.74, 6) is 0.0574. The lowest BCUT2D eigenvalue weighted by Crippen LogP contribution is -2.14. The van der Waals surface area contributed by atoms with Crippen molar-refractivity contribution in [3.8, 4) is 5.75 Å². The van der Waals surface area contributed by atoms with E-state index in [0.29, 0.717) is 17.9 Å². The third-order valence-electron chi connectivity index (χ3n) is 3.98. The van der Waals surface area contributed by atoms with Crippen LogP contribution in [0.1, 0.15) is 33.1 Å². The molecule has 0 bridgehead atoms. The Labute approximate surface area is 147 Å². The molecule has 3 aromatic carbocycles. The van der Waals surface area contributed by atoms with Gasteiger partial charge in [-0.15, -0.1) is 0 Å². The average molecular weight is 332 g/mol. The molecule has 0 aliphatic rings. The van der Waals surface area contributed by atoms with E-state index in [1.54, 1.807) is 24.3 Å². The highest BCUT2D eigenvalue weighted by atomic mass is 16.5. The molecule has 3 aromatic rings. The molecule has 0 aromatic heterocycles. The average Bonchev–Trinajstić information content (AvgIpc) is 2.68. The van der Waals surface area contributed by atoms with Crippen molar-refractivity contribution in [1.29, 1.82) is 0 Å². The topological polar surface area (TPSA) is 78.3 Å². The lowest BCUT2D eigenvalue weighted by molar-refractivity contribution is 0.0734. The molecule has 0 saturated heterocycles. The zero-order valence-electron chi connectivity index (χ0n) is 13.8. The van der Waals surface area contributed by atoms with Gasteiger partial charge < -0.3 is 16.2 Å². The molecule has 25 heavy (non-hydrogen) atoms. The first-order valence-electron chi connectivity index (χ1n) is 8.09. The quantitative estimate of drug-likeness (QED) is 0.554. The summed E-state index contributed by atoms with van der Waals surface area (Å²) in [5, 5.41) is 0. The predicted octanol–water partition coefficient (Wildman–Crippen LogP) is 3.41. The summed E-state index contributed by atoms with van der Waals surface area (Å²) in [6, 6.07) is 23.9. The van der Waals surface area contributed by atoms with Crippen LogP contribution in [0.25, 0.3) is 0 Å². The first-order valence-corrected chi connectivity index (χ1v) is 8.09. The first-order chi connectivity index (χ1) is 12.2. The van der Waals surface area contributed by atoms with Gasteiger partial charge in [0.15, 0.2) is 0 Å². The summed E-state index contributed by atoms with van der Waals surface area (Å²) in [5.41, 5.74) is 15.1. The van der Waals surface area contributed by atoms with Crippen molar-refractivity contribution in [1.82, 2.24) is 0 Å². The summed E-state index contributed by atoms with van der Waals surface area (Å²) in [6.45, 7) is 0.396. The van der Waals surface area contributed by atoms with Crippen LogP contribution in [0.2, 0.25) is 0 Å². The highest BCUT2D eigenvalue weighted by Gasteiger charge is 2.13. The number of benzene rings is 3. The molecule has 4 heteroatoms. The Morgan fingerprint density at radius 2 is 1.60 bits per heavy atom. The second-order valence-electron chi connectivity index (χ2n) is 5.75. The van der Waals surface area contributed by atoms with Gasteiger partial charge >= 0.3 is 5.97 Å². The highest BCUT2D eigenvalue weighted by Crippen LogP contribution is 2.21. The molecule has 3 rings (SSSR count). The van der Waals surface area contributed by atoms with Crippen LogP contribution >= 0.6 is 0 Å². The Bertz CT molecular complexity index is 863. The van der Waals surface area contributed by atoms with Crippen molar-refractivity contribution < 1.29 is 9.53 Å². The van der Waals surface area contributed by atoms with E-state index in [2.05, 4.69) is 0 Å². The summed E-state index contributed by atoms with van der Waals surface area (Å²) in [4.78, 5) is 12.4. The van der Waals surface area contributed by atoms with Gasteiger partial charge in [-0.25, -0.2) is 4.79 Å². The number of nitrogens with two attached hydrogens (primary N) is 2. The van der Waals surface area contributed by atoms with Crippen LogP contribution < -0.4 is 16.2 Å². The van der Waals surface area contributed by atoms with Crippen molar-refractivity contribution in [2.75, 3.05) is 0 Å². The molecule has 0 saturated carbocycles. The Kier molecular flexibility index (Phi) is 5.23. The molecule has 0 spiro atoms. The van der Waals surface area contributed by atoms with Crippen molar-refractivity contribution in [3.05, 3.63) is 101 Å². The fourth-order valence-electron chi connectivity index (χ4n) is 2.61. The zero-order chi connectivity index (χ0) is 17.6. The third-order valence-corrected chi connectivity index (χ3v) is 3.98. The summed E-state index contributed by atoms with van der Waals surface area (Å²) < 4.78 is 5.45. The number of carbonyl (C=O) groups excluding carboxylic acids is 1. The molecular formula is C21H20N2O2. The van der Waals surface area contributed by atoms with Crippen molar-refractivity contribution in [3.63, 3.8) is 0 Å². The standard InChI is InChI=1S/C21H20N2O2/c22-14-15-6-4-11-19(12-15)25-21(24)18-10-5-9-17(13-18)20(23)16-7-2-1-3-8-16/h1-13,20H,14,22-23H2/t20-/m0/s1. The molecule has 0 heterocycles. The molecule has 126 valence electrons. The summed E-state index contributed by atoms with van der Waals surface area (Å²) in [7, 11) is 0. The van der Waals surface area contributed by atoms with Crippen molar-refractivity contribution in [2.45, 2.75) is 12.6 Å². The van der Waals surface area contributed by atoms with E-state index in [0.717, 1.165) is 16.7 Å². The number of carbonyl (C=O) groups is 1. The molecule has 4 nitrogen and oxygen atoms in total. The maximum atomic E-state index is 12.4. The van der Waals surface area contributed by atoms with Gasteiger partial charge in [-0.05, 0) is 41.0 Å². The lowest BCUT2D eigenvalue weighted by Gasteiger charge is -2.13. The summed E-state index contributed by atoms with van der Waals surface area (Å²) >= 11 is 0. The molecular weight excluding hydrogens is 312 g/mol. The number of rotatable bonds is 5. The minimum Gasteiger partial charge on any atom is -0.423 e. The third kappa shape index (κ3) is 4.12. The first kappa shape index (κ1) is 16.9.